The van der Waals surface area contributed by atoms with E-state index in [1.807, 2.05) is 0 Å². The van der Waals surface area contributed by atoms with Crippen LogP contribution >= 0.6 is 0 Å². The van der Waals surface area contributed by atoms with E-state index in [0.29, 0.717) is 0 Å². The molecule has 148 valence electrons. The Hall–Kier alpha value is -0.940. The molecule has 25 heavy (non-hydrogen) atoms. The lowest BCUT2D eigenvalue weighted by Gasteiger charge is -2.08. The first-order chi connectivity index (χ1) is 12.1. The molecule has 0 aromatic heterocycles. The second-order valence-corrected chi connectivity index (χ2v) is 6.88. The summed E-state index contributed by atoms with van der Waals surface area (Å²) in [7, 11) is 0. The smallest absolute Gasteiger partial charge is 0.342 e. The first-order valence-electron chi connectivity index (χ1n) is 10.2. The van der Waals surface area contributed by atoms with Crippen LogP contribution in [0.25, 0.3) is 0 Å². The van der Waals surface area contributed by atoms with Crippen LogP contribution in [0.1, 0.15) is 103 Å². The summed E-state index contributed by atoms with van der Waals surface area (Å²) in [6.07, 6.45) is 15.2. The van der Waals surface area contributed by atoms with Gasteiger partial charge in [0.2, 0.25) is 0 Å². The molecule has 5 heteroatoms. The predicted molar refractivity (Wildman–Crippen MR) is 101 cm³/mol. The topological polar surface area (TPSA) is 89.6 Å². The maximum atomic E-state index is 11.5. The SMILES string of the molecule is CCCCCCCCCCCCCCCC(=O)OC(=O)C(O)CCN. The zero-order valence-corrected chi connectivity index (χ0v) is 16.1. The van der Waals surface area contributed by atoms with Gasteiger partial charge in [-0.2, -0.15) is 0 Å². The Morgan fingerprint density at radius 2 is 1.28 bits per heavy atom. The molecule has 0 aliphatic carbocycles. The normalized spacial score (nSPS) is 12.1. The lowest BCUT2D eigenvalue weighted by atomic mass is 10.0. The van der Waals surface area contributed by atoms with Gasteiger partial charge in [-0.05, 0) is 19.4 Å². The third-order valence-corrected chi connectivity index (χ3v) is 4.41. The number of aliphatic hydroxyl groups is 1. The van der Waals surface area contributed by atoms with Crippen molar-refractivity contribution >= 4 is 11.9 Å². The third kappa shape index (κ3) is 16.3. The standard InChI is InChI=1S/C20H39NO4/c1-2-3-4-5-6-7-8-9-10-11-12-13-14-15-19(23)25-20(24)18(22)16-17-21/h18,22H,2-17,21H2,1H3. The minimum atomic E-state index is -1.29. The summed E-state index contributed by atoms with van der Waals surface area (Å²) in [5.74, 6) is -1.44. The molecule has 0 saturated carbocycles. The number of rotatable bonds is 17. The van der Waals surface area contributed by atoms with Crippen LogP contribution in [0.2, 0.25) is 0 Å². The molecule has 3 N–H and O–H groups in total. The third-order valence-electron chi connectivity index (χ3n) is 4.41. The van der Waals surface area contributed by atoms with Crippen LogP contribution in [0.4, 0.5) is 0 Å². The number of esters is 2. The van der Waals surface area contributed by atoms with Gasteiger partial charge in [0, 0.05) is 6.42 Å². The van der Waals surface area contributed by atoms with E-state index in [4.69, 9.17) is 5.73 Å². The van der Waals surface area contributed by atoms with E-state index in [0.717, 1.165) is 19.3 Å². The second kappa shape index (κ2) is 17.9. The van der Waals surface area contributed by atoms with Crippen molar-refractivity contribution in [2.45, 2.75) is 109 Å². The van der Waals surface area contributed by atoms with E-state index in [9.17, 15) is 14.7 Å². The first kappa shape index (κ1) is 24.1. The van der Waals surface area contributed by atoms with Crippen LogP contribution in [0, 0.1) is 0 Å². The van der Waals surface area contributed by atoms with Crippen LogP contribution in [-0.2, 0) is 14.3 Å². The van der Waals surface area contributed by atoms with Crippen LogP contribution in [0.3, 0.4) is 0 Å². The van der Waals surface area contributed by atoms with Crippen molar-refractivity contribution in [3.8, 4) is 0 Å². The number of aliphatic hydroxyl groups excluding tert-OH is 1. The molecule has 0 saturated heterocycles. The Bertz CT molecular complexity index is 334. The molecule has 0 rings (SSSR count). The van der Waals surface area contributed by atoms with Gasteiger partial charge in [0.1, 0.15) is 0 Å². The molecule has 5 nitrogen and oxygen atoms in total. The Balaban J connectivity index is 3.32. The van der Waals surface area contributed by atoms with Crippen molar-refractivity contribution in [3.63, 3.8) is 0 Å². The molecule has 1 unspecified atom stereocenters. The first-order valence-corrected chi connectivity index (χ1v) is 10.2. The van der Waals surface area contributed by atoms with Gasteiger partial charge in [0.05, 0.1) is 0 Å². The minimum absolute atomic E-state index is 0.116. The summed E-state index contributed by atoms with van der Waals surface area (Å²) in [6, 6.07) is 0. The number of unbranched alkanes of at least 4 members (excludes halogenated alkanes) is 12. The average molecular weight is 358 g/mol. The fourth-order valence-corrected chi connectivity index (χ4v) is 2.79. The Morgan fingerprint density at radius 3 is 1.72 bits per heavy atom. The highest BCUT2D eigenvalue weighted by Crippen LogP contribution is 2.13. The Labute approximate surface area is 153 Å². The number of nitrogens with two attached hydrogens (primary N) is 1. The van der Waals surface area contributed by atoms with Gasteiger partial charge in [-0.25, -0.2) is 4.79 Å². The fraction of sp³-hybridized carbons (Fsp3) is 0.900. The molecule has 0 aromatic carbocycles. The van der Waals surface area contributed by atoms with Gasteiger partial charge in [0.15, 0.2) is 6.10 Å². The fourth-order valence-electron chi connectivity index (χ4n) is 2.79. The molecular formula is C20H39NO4. The summed E-state index contributed by atoms with van der Waals surface area (Å²) in [5.41, 5.74) is 5.23. The van der Waals surface area contributed by atoms with Crippen LogP contribution in [0.5, 0.6) is 0 Å². The predicted octanol–water partition coefficient (Wildman–Crippen LogP) is 4.25. The zero-order valence-electron chi connectivity index (χ0n) is 16.1. The maximum Gasteiger partial charge on any atom is 0.342 e. The summed E-state index contributed by atoms with van der Waals surface area (Å²) < 4.78 is 4.59. The molecule has 0 aromatic rings. The van der Waals surface area contributed by atoms with Gasteiger partial charge in [-0.15, -0.1) is 0 Å². The van der Waals surface area contributed by atoms with E-state index in [1.54, 1.807) is 0 Å². The molecule has 0 radical (unpaired) electrons. The van der Waals surface area contributed by atoms with Gasteiger partial charge in [-0.3, -0.25) is 4.79 Å². The number of hydrogen-bond acceptors (Lipinski definition) is 5. The molecular weight excluding hydrogens is 318 g/mol. The van der Waals surface area contributed by atoms with E-state index in [2.05, 4.69) is 11.7 Å². The number of carbonyl (C=O) groups excluding carboxylic acids is 2. The summed E-state index contributed by atoms with van der Waals surface area (Å²) >= 11 is 0. The van der Waals surface area contributed by atoms with E-state index < -0.39 is 18.0 Å². The quantitative estimate of drug-likeness (QED) is 0.231. The zero-order chi connectivity index (χ0) is 18.8. The Kier molecular flexibility index (Phi) is 17.2. The Morgan fingerprint density at radius 1 is 0.840 bits per heavy atom. The lowest BCUT2D eigenvalue weighted by molar-refractivity contribution is -0.166. The molecule has 0 amide bonds. The van der Waals surface area contributed by atoms with E-state index in [1.165, 1.54) is 64.2 Å². The molecule has 0 heterocycles. The summed E-state index contributed by atoms with van der Waals surface area (Å²) in [5, 5.41) is 9.34. The monoisotopic (exact) mass is 357 g/mol. The van der Waals surface area contributed by atoms with Crippen molar-refractivity contribution in [2.24, 2.45) is 5.73 Å². The highest BCUT2D eigenvalue weighted by molar-refractivity contribution is 5.87. The summed E-state index contributed by atoms with van der Waals surface area (Å²) in [4.78, 5) is 22.8. The largest absolute Gasteiger partial charge is 0.391 e. The molecule has 0 spiro atoms. The highest BCUT2D eigenvalue weighted by atomic mass is 16.6. The number of carbonyl (C=O) groups is 2. The van der Waals surface area contributed by atoms with Crippen LogP contribution in [0.15, 0.2) is 0 Å². The number of ether oxygens (including phenoxy) is 1. The maximum absolute atomic E-state index is 11.5. The molecule has 0 bridgehead atoms. The highest BCUT2D eigenvalue weighted by Gasteiger charge is 2.18. The van der Waals surface area contributed by atoms with Crippen LogP contribution in [-0.4, -0.2) is 29.7 Å². The van der Waals surface area contributed by atoms with E-state index in [-0.39, 0.29) is 19.4 Å². The van der Waals surface area contributed by atoms with Gasteiger partial charge in [-0.1, -0.05) is 84.0 Å². The van der Waals surface area contributed by atoms with Crippen LogP contribution < -0.4 is 5.73 Å². The summed E-state index contributed by atoms with van der Waals surface area (Å²) in [6.45, 7) is 2.43. The second-order valence-electron chi connectivity index (χ2n) is 6.88. The molecule has 0 fully saturated rings. The van der Waals surface area contributed by atoms with Crippen molar-refractivity contribution < 1.29 is 19.4 Å². The molecule has 1 atom stereocenters. The van der Waals surface area contributed by atoms with Gasteiger partial charge in [0.25, 0.3) is 0 Å². The van der Waals surface area contributed by atoms with E-state index >= 15 is 0 Å². The van der Waals surface area contributed by atoms with Crippen molar-refractivity contribution in [1.29, 1.82) is 0 Å². The number of hydrogen-bond donors (Lipinski definition) is 2. The molecule has 0 aliphatic heterocycles. The van der Waals surface area contributed by atoms with Crippen molar-refractivity contribution in [3.05, 3.63) is 0 Å². The van der Waals surface area contributed by atoms with Gasteiger partial charge < -0.3 is 15.6 Å². The molecule has 0 aliphatic rings. The average Bonchev–Trinajstić information content (AvgIpc) is 2.59. The van der Waals surface area contributed by atoms with Crippen molar-refractivity contribution in [1.82, 2.24) is 0 Å². The van der Waals surface area contributed by atoms with Crippen molar-refractivity contribution in [2.75, 3.05) is 6.54 Å². The van der Waals surface area contributed by atoms with Gasteiger partial charge >= 0.3 is 11.9 Å². The minimum Gasteiger partial charge on any atom is -0.391 e. The lowest BCUT2D eigenvalue weighted by Crippen LogP contribution is -2.27.